The van der Waals surface area contributed by atoms with Crippen LogP contribution in [-0.2, 0) is 6.54 Å². The number of H-pyrrole nitrogens is 1. The highest BCUT2D eigenvalue weighted by atomic mass is 15.3. The van der Waals surface area contributed by atoms with Gasteiger partial charge in [0.2, 0.25) is 0 Å². The summed E-state index contributed by atoms with van der Waals surface area (Å²) in [6, 6.07) is 8.33. The van der Waals surface area contributed by atoms with E-state index in [9.17, 15) is 0 Å². The quantitative estimate of drug-likeness (QED) is 0.482. The fraction of sp³-hybridized carbons (Fsp3) is 0.316. The van der Waals surface area contributed by atoms with Crippen LogP contribution in [0, 0.1) is 0 Å². The van der Waals surface area contributed by atoms with Gasteiger partial charge in [-0.3, -0.25) is 0 Å². The van der Waals surface area contributed by atoms with Crippen molar-refractivity contribution in [1.29, 1.82) is 0 Å². The van der Waals surface area contributed by atoms with Crippen LogP contribution in [0.4, 0.5) is 5.82 Å². The Labute approximate surface area is 158 Å². The van der Waals surface area contributed by atoms with Crippen LogP contribution in [0.2, 0.25) is 0 Å². The fourth-order valence-corrected chi connectivity index (χ4v) is 3.74. The molecular formula is C19H20BN7. The van der Waals surface area contributed by atoms with Gasteiger partial charge in [0.25, 0.3) is 0 Å². The molecule has 4 heterocycles. The van der Waals surface area contributed by atoms with Gasteiger partial charge in [-0.25, -0.2) is 9.97 Å². The van der Waals surface area contributed by atoms with E-state index in [1.54, 1.807) is 17.0 Å². The van der Waals surface area contributed by atoms with Gasteiger partial charge in [-0.05, 0) is 49.1 Å². The summed E-state index contributed by atoms with van der Waals surface area (Å²) in [5.41, 5.74) is 5.58. The van der Waals surface area contributed by atoms with Gasteiger partial charge in [0.15, 0.2) is 0 Å². The lowest BCUT2D eigenvalue weighted by molar-refractivity contribution is 0.453. The van der Waals surface area contributed by atoms with Crippen molar-refractivity contribution >= 4 is 35.8 Å². The molecule has 3 N–H and O–H groups in total. The van der Waals surface area contributed by atoms with Crippen molar-refractivity contribution in [3.05, 3.63) is 48.0 Å². The van der Waals surface area contributed by atoms with Crippen LogP contribution in [0.3, 0.4) is 0 Å². The summed E-state index contributed by atoms with van der Waals surface area (Å²) in [4.78, 5) is 12.2. The molecule has 1 saturated heterocycles. The highest BCUT2D eigenvalue weighted by molar-refractivity contribution is 6.36. The Hall–Kier alpha value is -2.87. The SMILES string of the molecule is [B]c1cnn2c(NCc3ccc4nc[nH]c4c3)cc(C3CCNCC3)nc12. The van der Waals surface area contributed by atoms with E-state index in [0.29, 0.717) is 17.9 Å². The maximum atomic E-state index is 6.10. The van der Waals surface area contributed by atoms with Crippen molar-refractivity contribution in [2.45, 2.75) is 25.3 Å². The molecule has 1 aliphatic heterocycles. The van der Waals surface area contributed by atoms with E-state index in [1.165, 1.54) is 5.56 Å². The van der Waals surface area contributed by atoms with Crippen LogP contribution >= 0.6 is 0 Å². The molecule has 4 aromatic rings. The Morgan fingerprint density at radius 3 is 3.00 bits per heavy atom. The van der Waals surface area contributed by atoms with Gasteiger partial charge in [-0.15, -0.1) is 0 Å². The third-order valence-electron chi connectivity index (χ3n) is 5.23. The summed E-state index contributed by atoms with van der Waals surface area (Å²) < 4.78 is 1.79. The lowest BCUT2D eigenvalue weighted by atomic mass is 9.94. The van der Waals surface area contributed by atoms with Gasteiger partial charge in [0, 0.05) is 30.4 Å². The number of hydrogen-bond acceptors (Lipinski definition) is 5. The first-order valence-electron chi connectivity index (χ1n) is 9.29. The van der Waals surface area contributed by atoms with Gasteiger partial charge < -0.3 is 15.6 Å². The van der Waals surface area contributed by atoms with E-state index in [1.807, 2.05) is 6.07 Å². The Morgan fingerprint density at radius 2 is 2.11 bits per heavy atom. The van der Waals surface area contributed by atoms with Crippen molar-refractivity contribution in [3.8, 4) is 0 Å². The molecule has 0 spiro atoms. The summed E-state index contributed by atoms with van der Waals surface area (Å²) >= 11 is 0. The lowest BCUT2D eigenvalue weighted by Gasteiger charge is -2.23. The van der Waals surface area contributed by atoms with Gasteiger partial charge >= 0.3 is 0 Å². The molecule has 0 aliphatic carbocycles. The molecule has 0 unspecified atom stereocenters. The minimum absolute atomic E-state index is 0.451. The maximum Gasteiger partial charge on any atom is 0.150 e. The minimum atomic E-state index is 0.451. The van der Waals surface area contributed by atoms with E-state index in [4.69, 9.17) is 12.8 Å². The maximum absolute atomic E-state index is 6.10. The summed E-state index contributed by atoms with van der Waals surface area (Å²) in [6.45, 7) is 2.73. The van der Waals surface area contributed by atoms with Crippen LogP contribution < -0.4 is 16.1 Å². The highest BCUT2D eigenvalue weighted by Gasteiger charge is 2.19. The standard InChI is InChI=1S/C19H20BN7/c20-14-10-25-27-18(8-16(26-19(14)27)13-3-5-21-6-4-13)22-9-12-1-2-15-17(7-12)24-11-23-15/h1-2,7-8,10-11,13,21-22H,3-6,9H2,(H,23,24). The van der Waals surface area contributed by atoms with E-state index >= 15 is 0 Å². The monoisotopic (exact) mass is 357 g/mol. The fourth-order valence-electron chi connectivity index (χ4n) is 3.74. The second kappa shape index (κ2) is 6.70. The number of imidazole rings is 1. The van der Waals surface area contributed by atoms with E-state index in [0.717, 1.165) is 54.1 Å². The number of aromatic amines is 1. The van der Waals surface area contributed by atoms with Crippen molar-refractivity contribution in [2.75, 3.05) is 18.4 Å². The predicted molar refractivity (Wildman–Crippen MR) is 107 cm³/mol. The molecule has 0 bridgehead atoms. The molecule has 0 amide bonds. The normalized spacial score (nSPS) is 15.6. The Balaban J connectivity index is 1.47. The molecule has 27 heavy (non-hydrogen) atoms. The number of fused-ring (bicyclic) bond motifs is 2. The lowest BCUT2D eigenvalue weighted by Crippen LogP contribution is -2.27. The average molecular weight is 357 g/mol. The zero-order valence-electron chi connectivity index (χ0n) is 14.9. The highest BCUT2D eigenvalue weighted by Crippen LogP contribution is 2.26. The largest absolute Gasteiger partial charge is 0.366 e. The van der Waals surface area contributed by atoms with Crippen LogP contribution in [0.15, 0.2) is 36.8 Å². The second-order valence-corrected chi connectivity index (χ2v) is 7.03. The first kappa shape index (κ1) is 16.3. The van der Waals surface area contributed by atoms with Crippen molar-refractivity contribution < 1.29 is 0 Å². The van der Waals surface area contributed by atoms with Gasteiger partial charge in [-0.2, -0.15) is 9.61 Å². The molecule has 1 aliphatic rings. The average Bonchev–Trinajstić information content (AvgIpc) is 3.33. The summed E-state index contributed by atoms with van der Waals surface area (Å²) in [5, 5.41) is 11.3. The van der Waals surface area contributed by atoms with Crippen LogP contribution in [0.1, 0.15) is 30.0 Å². The number of anilines is 1. The van der Waals surface area contributed by atoms with Crippen LogP contribution in [0.25, 0.3) is 16.7 Å². The summed E-state index contributed by atoms with van der Waals surface area (Å²) in [5.74, 6) is 1.36. The molecule has 1 fully saturated rings. The first-order chi connectivity index (χ1) is 13.3. The third-order valence-corrected chi connectivity index (χ3v) is 5.23. The zero-order chi connectivity index (χ0) is 18.2. The molecule has 2 radical (unpaired) electrons. The minimum Gasteiger partial charge on any atom is -0.366 e. The van der Waals surface area contributed by atoms with Crippen molar-refractivity contribution in [1.82, 2.24) is 29.9 Å². The molecule has 134 valence electrons. The van der Waals surface area contributed by atoms with Crippen molar-refractivity contribution in [2.24, 2.45) is 0 Å². The van der Waals surface area contributed by atoms with E-state index in [-0.39, 0.29) is 0 Å². The molecule has 1 aromatic carbocycles. The number of rotatable bonds is 4. The Bertz CT molecular complexity index is 1090. The second-order valence-electron chi connectivity index (χ2n) is 7.03. The molecule has 5 rings (SSSR count). The van der Waals surface area contributed by atoms with E-state index in [2.05, 4.69) is 43.9 Å². The molecule has 3 aromatic heterocycles. The smallest absolute Gasteiger partial charge is 0.150 e. The molecule has 0 saturated carbocycles. The first-order valence-corrected chi connectivity index (χ1v) is 9.29. The molecule has 0 atom stereocenters. The van der Waals surface area contributed by atoms with Gasteiger partial charge in [0.05, 0.1) is 17.4 Å². The summed E-state index contributed by atoms with van der Waals surface area (Å²) in [7, 11) is 6.10. The molecule has 8 heteroatoms. The third kappa shape index (κ3) is 3.06. The van der Waals surface area contributed by atoms with Gasteiger partial charge in [0.1, 0.15) is 19.3 Å². The Kier molecular flexibility index (Phi) is 4.05. The zero-order valence-corrected chi connectivity index (χ0v) is 14.9. The number of nitrogens with one attached hydrogen (secondary N) is 3. The van der Waals surface area contributed by atoms with Gasteiger partial charge in [-0.1, -0.05) is 6.07 Å². The Morgan fingerprint density at radius 1 is 1.22 bits per heavy atom. The molecule has 7 nitrogen and oxygen atoms in total. The van der Waals surface area contributed by atoms with Crippen LogP contribution in [-0.4, -0.2) is 45.5 Å². The number of piperidine rings is 1. The number of benzene rings is 1. The van der Waals surface area contributed by atoms with Crippen molar-refractivity contribution in [3.63, 3.8) is 0 Å². The van der Waals surface area contributed by atoms with E-state index < -0.39 is 0 Å². The number of nitrogens with zero attached hydrogens (tertiary/aromatic N) is 4. The molecular weight excluding hydrogens is 337 g/mol. The van der Waals surface area contributed by atoms with Crippen LogP contribution in [0.5, 0.6) is 0 Å². The summed E-state index contributed by atoms with van der Waals surface area (Å²) in [6.07, 6.45) is 5.56. The topological polar surface area (TPSA) is 82.9 Å². The predicted octanol–water partition coefficient (Wildman–Crippen LogP) is 1.48. The number of aromatic nitrogens is 5. The number of hydrogen-bond donors (Lipinski definition) is 3.